The fourth-order valence-electron chi connectivity index (χ4n) is 5.69. The highest BCUT2D eigenvalue weighted by molar-refractivity contribution is 7.99. The van der Waals surface area contributed by atoms with E-state index in [1.165, 1.54) is 11.1 Å². The summed E-state index contributed by atoms with van der Waals surface area (Å²) in [5.74, 6) is 3.37. The average Bonchev–Trinajstić information content (AvgIpc) is 3.58. The smallest absolute Gasteiger partial charge is 0.411 e. The van der Waals surface area contributed by atoms with E-state index in [0.717, 1.165) is 62.9 Å². The van der Waals surface area contributed by atoms with E-state index in [-0.39, 0.29) is 18.0 Å². The minimum atomic E-state index is -0.578. The number of rotatable bonds is 3. The van der Waals surface area contributed by atoms with E-state index in [1.807, 2.05) is 25.7 Å². The second-order valence-electron chi connectivity index (χ2n) is 11.0. The van der Waals surface area contributed by atoms with E-state index in [9.17, 15) is 9.59 Å². The fraction of sp³-hybridized carbons (Fsp3) is 0.692. The van der Waals surface area contributed by atoms with Gasteiger partial charge in [-0.2, -0.15) is 0 Å². The zero-order valence-electron chi connectivity index (χ0n) is 20.6. The maximum absolute atomic E-state index is 13.3. The third kappa shape index (κ3) is 5.03. The van der Waals surface area contributed by atoms with Crippen molar-refractivity contribution >= 4 is 23.8 Å². The molecule has 2 amide bonds. The quantitative estimate of drug-likeness (QED) is 0.648. The molecule has 5 rings (SSSR count). The Labute approximate surface area is 207 Å². The first kappa shape index (κ1) is 23.8. The highest BCUT2D eigenvalue weighted by atomic mass is 32.2. The van der Waals surface area contributed by atoms with Crippen molar-refractivity contribution in [3.05, 3.63) is 29.3 Å². The van der Waals surface area contributed by atoms with Gasteiger partial charge in [-0.05, 0) is 76.2 Å². The largest absolute Gasteiger partial charge is 0.493 e. The van der Waals surface area contributed by atoms with E-state index in [1.54, 1.807) is 16.7 Å². The van der Waals surface area contributed by atoms with Crippen LogP contribution in [-0.4, -0.2) is 88.8 Å². The Kier molecular flexibility index (Phi) is 6.73. The number of nitrogens with zero attached hydrogens (tertiary/aromatic N) is 3. The second-order valence-corrected chi connectivity index (χ2v) is 12.0. The molecule has 1 aromatic rings. The van der Waals surface area contributed by atoms with Crippen molar-refractivity contribution in [1.29, 1.82) is 0 Å². The molecule has 2 atom stereocenters. The highest BCUT2D eigenvalue weighted by Gasteiger charge is 2.45. The van der Waals surface area contributed by atoms with Crippen LogP contribution in [0.4, 0.5) is 4.79 Å². The van der Waals surface area contributed by atoms with E-state index in [4.69, 9.17) is 9.47 Å². The monoisotopic (exact) mass is 487 g/mol. The molecule has 1 aromatic carbocycles. The molecule has 0 aliphatic carbocycles. The number of piperidine rings is 1. The number of hydrogen-bond donors (Lipinski definition) is 0. The molecule has 8 heteroatoms. The van der Waals surface area contributed by atoms with Crippen LogP contribution in [0.5, 0.6) is 5.75 Å². The van der Waals surface area contributed by atoms with Crippen LogP contribution < -0.4 is 4.74 Å². The molecule has 0 radical (unpaired) electrons. The minimum Gasteiger partial charge on any atom is -0.493 e. The molecule has 4 aliphatic heterocycles. The van der Waals surface area contributed by atoms with Crippen molar-refractivity contribution in [2.24, 2.45) is 0 Å². The van der Waals surface area contributed by atoms with Gasteiger partial charge in [-0.3, -0.25) is 14.6 Å². The number of carbonyl (C=O) groups excluding carboxylic acids is 2. The van der Waals surface area contributed by atoms with Crippen molar-refractivity contribution in [1.82, 2.24) is 14.7 Å². The molecule has 0 unspecified atom stereocenters. The minimum absolute atomic E-state index is 0.0774. The van der Waals surface area contributed by atoms with Crippen LogP contribution in [0.3, 0.4) is 0 Å². The van der Waals surface area contributed by atoms with Gasteiger partial charge in [0.1, 0.15) is 17.4 Å². The number of fused-ring (bicyclic) bond motifs is 1. The molecule has 4 heterocycles. The fourth-order valence-corrected chi connectivity index (χ4v) is 6.65. The number of ether oxygens (including phenoxy) is 2. The van der Waals surface area contributed by atoms with E-state index in [2.05, 4.69) is 23.1 Å². The lowest BCUT2D eigenvalue weighted by molar-refractivity contribution is -0.134. The Morgan fingerprint density at radius 3 is 2.65 bits per heavy atom. The topological polar surface area (TPSA) is 62.3 Å². The molecule has 186 valence electrons. The van der Waals surface area contributed by atoms with E-state index in [0.29, 0.717) is 18.9 Å². The highest BCUT2D eigenvalue weighted by Crippen LogP contribution is 2.36. The number of benzene rings is 1. The first-order valence-corrected chi connectivity index (χ1v) is 13.8. The van der Waals surface area contributed by atoms with Gasteiger partial charge in [-0.1, -0.05) is 12.1 Å². The number of carbonyl (C=O) groups is 2. The third-order valence-electron chi connectivity index (χ3n) is 7.49. The van der Waals surface area contributed by atoms with Gasteiger partial charge in [0.05, 0.1) is 12.5 Å². The zero-order valence-corrected chi connectivity index (χ0v) is 21.4. The molecule has 34 heavy (non-hydrogen) atoms. The van der Waals surface area contributed by atoms with Gasteiger partial charge in [0.15, 0.2) is 0 Å². The number of thioether (sulfide) groups is 1. The molecule has 0 N–H and O–H groups in total. The molecule has 0 aromatic heterocycles. The second kappa shape index (κ2) is 9.61. The van der Waals surface area contributed by atoms with E-state index < -0.39 is 11.6 Å². The summed E-state index contributed by atoms with van der Waals surface area (Å²) in [6.07, 6.45) is 3.54. The van der Waals surface area contributed by atoms with Gasteiger partial charge in [-0.25, -0.2) is 4.79 Å². The van der Waals surface area contributed by atoms with Gasteiger partial charge in [0.2, 0.25) is 5.91 Å². The van der Waals surface area contributed by atoms with Crippen molar-refractivity contribution in [2.75, 3.05) is 44.4 Å². The lowest BCUT2D eigenvalue weighted by Gasteiger charge is -2.36. The van der Waals surface area contributed by atoms with Gasteiger partial charge in [-0.15, -0.1) is 11.8 Å². The Morgan fingerprint density at radius 1 is 1.15 bits per heavy atom. The van der Waals surface area contributed by atoms with Gasteiger partial charge >= 0.3 is 6.09 Å². The van der Waals surface area contributed by atoms with Crippen LogP contribution in [0.2, 0.25) is 0 Å². The first-order chi connectivity index (χ1) is 16.3. The van der Waals surface area contributed by atoms with Gasteiger partial charge in [0, 0.05) is 31.3 Å². The van der Waals surface area contributed by atoms with Crippen LogP contribution in [0.15, 0.2) is 18.2 Å². The Hall–Kier alpha value is -1.93. The van der Waals surface area contributed by atoms with Crippen molar-refractivity contribution in [3.63, 3.8) is 0 Å². The Bertz CT molecular complexity index is 919. The molecule has 0 spiro atoms. The van der Waals surface area contributed by atoms with Crippen LogP contribution in [0.25, 0.3) is 0 Å². The van der Waals surface area contributed by atoms with E-state index >= 15 is 0 Å². The van der Waals surface area contributed by atoms with Crippen LogP contribution in [0.1, 0.15) is 57.1 Å². The molecule has 4 aliphatic rings. The van der Waals surface area contributed by atoms with Crippen molar-refractivity contribution < 1.29 is 19.1 Å². The maximum Gasteiger partial charge on any atom is 0.411 e. The SMILES string of the molecule is CC(C)(C)OC(=O)N1C[C@@H](N2CCC(c3ccc4c(c3)CCO4)CC2)C[C@H]1C(=O)N1CCSC1. The molecule has 0 saturated carbocycles. The summed E-state index contributed by atoms with van der Waals surface area (Å²) in [5, 5.41) is 0. The number of amides is 2. The van der Waals surface area contributed by atoms with Gasteiger partial charge < -0.3 is 14.4 Å². The predicted octanol–water partition coefficient (Wildman–Crippen LogP) is 3.71. The number of hydrogen-bond acceptors (Lipinski definition) is 6. The molecular formula is C26H37N3O4S. The Morgan fingerprint density at radius 2 is 1.94 bits per heavy atom. The van der Waals surface area contributed by atoms with Gasteiger partial charge in [0.25, 0.3) is 0 Å². The van der Waals surface area contributed by atoms with Crippen LogP contribution in [0, 0.1) is 0 Å². The summed E-state index contributed by atoms with van der Waals surface area (Å²) in [5.41, 5.74) is 2.18. The standard InChI is InChI=1S/C26H37N3O4S/c1-26(2,3)33-25(31)29-16-21(15-22(29)24(30)28-11-13-34-17-28)27-9-6-18(7-10-27)19-4-5-23-20(14-19)8-12-32-23/h4-5,14,18,21-22H,6-13,15-17H2,1-3H3/t21-,22-/m0/s1. The molecular weight excluding hydrogens is 450 g/mol. The summed E-state index contributed by atoms with van der Waals surface area (Å²) in [4.78, 5) is 32.5. The molecule has 7 nitrogen and oxygen atoms in total. The molecule has 3 fully saturated rings. The lowest BCUT2D eigenvalue weighted by atomic mass is 9.87. The summed E-state index contributed by atoms with van der Waals surface area (Å²) in [7, 11) is 0. The zero-order chi connectivity index (χ0) is 23.9. The van der Waals surface area contributed by atoms with Crippen LogP contribution in [-0.2, 0) is 16.0 Å². The summed E-state index contributed by atoms with van der Waals surface area (Å²) in [6.45, 7) is 9.74. The first-order valence-electron chi connectivity index (χ1n) is 12.6. The summed E-state index contributed by atoms with van der Waals surface area (Å²) < 4.78 is 11.4. The maximum atomic E-state index is 13.3. The Balaban J connectivity index is 1.24. The molecule has 3 saturated heterocycles. The van der Waals surface area contributed by atoms with Crippen LogP contribution >= 0.6 is 11.8 Å². The normalized spacial score (nSPS) is 26.0. The van der Waals surface area contributed by atoms with Crippen molar-refractivity contribution in [2.45, 2.75) is 70.1 Å². The lowest BCUT2D eigenvalue weighted by Crippen LogP contribution is -2.48. The average molecular weight is 488 g/mol. The number of likely N-dealkylation sites (tertiary alicyclic amines) is 2. The molecule has 0 bridgehead atoms. The predicted molar refractivity (Wildman–Crippen MR) is 133 cm³/mol. The third-order valence-corrected chi connectivity index (χ3v) is 8.45. The van der Waals surface area contributed by atoms with Crippen molar-refractivity contribution in [3.8, 4) is 5.75 Å². The summed E-state index contributed by atoms with van der Waals surface area (Å²) >= 11 is 1.78. The summed E-state index contributed by atoms with van der Waals surface area (Å²) in [6, 6.07) is 6.48.